The van der Waals surface area contributed by atoms with E-state index >= 15 is 0 Å². The van der Waals surface area contributed by atoms with Gasteiger partial charge in [0.2, 0.25) is 0 Å². The maximum atomic E-state index is 12.9. The maximum absolute atomic E-state index is 12.9. The van der Waals surface area contributed by atoms with E-state index in [1.54, 1.807) is 43.4 Å². The van der Waals surface area contributed by atoms with Gasteiger partial charge in [0.15, 0.2) is 0 Å². The van der Waals surface area contributed by atoms with E-state index in [1.807, 2.05) is 80.5 Å². The van der Waals surface area contributed by atoms with Crippen molar-refractivity contribution in [3.05, 3.63) is 84.7 Å². The number of carbonyl (C=O) groups is 5. The zero-order valence-electron chi connectivity index (χ0n) is 40.5. The van der Waals surface area contributed by atoms with Crippen LogP contribution in [0.15, 0.2) is 68.0 Å². The van der Waals surface area contributed by atoms with E-state index in [0.29, 0.717) is 65.6 Å². The fraction of sp³-hybridized carbons (Fsp3) is 0.531. The highest BCUT2D eigenvalue weighted by atomic mass is 79.9. The molecular formula is C49H63Br3N6O11. The minimum Gasteiger partial charge on any atom is -0.496 e. The molecule has 6 fully saturated rings. The third kappa shape index (κ3) is 13.6. The summed E-state index contributed by atoms with van der Waals surface area (Å²) in [5, 5.41) is 15.4. The van der Waals surface area contributed by atoms with E-state index in [4.69, 9.17) is 28.8 Å². The van der Waals surface area contributed by atoms with Crippen LogP contribution < -0.4 is 24.8 Å². The quantitative estimate of drug-likeness (QED) is 0.215. The Hall–Kier alpha value is -4.63. The van der Waals surface area contributed by atoms with Gasteiger partial charge in [-0.1, -0.05) is 47.8 Å². The SMILES string of the molecule is CC(C)(C)OC(=O)N1C[C@@H]2C[C@H]1CN2.COc1cc(Br)ccc1C(=O)N1C[C@@H]2C[C@H]1CN2.COc1cc(Br)ccc1C(=O)N1C[C@@H]2C[C@H]1CN2C(=O)OC(C)(C)C.COc1cc(Br)ccc1C(=O)O. The van der Waals surface area contributed by atoms with E-state index in [0.717, 1.165) is 58.9 Å². The number of hydrogen-bond donors (Lipinski definition) is 3. The van der Waals surface area contributed by atoms with Gasteiger partial charge in [0.05, 0.1) is 44.5 Å². The lowest BCUT2D eigenvalue weighted by atomic mass is 10.1. The molecule has 6 aliphatic heterocycles. The number of benzene rings is 3. The lowest BCUT2D eigenvalue weighted by Gasteiger charge is -2.35. The first-order valence-electron chi connectivity index (χ1n) is 22.8. The van der Waals surface area contributed by atoms with Crippen molar-refractivity contribution < 1.29 is 52.8 Å². The summed E-state index contributed by atoms with van der Waals surface area (Å²) in [6.07, 6.45) is 2.49. The number of aromatic carboxylic acids is 1. The maximum Gasteiger partial charge on any atom is 0.410 e. The summed E-state index contributed by atoms with van der Waals surface area (Å²) in [5.74, 6) is 0.571. The minimum absolute atomic E-state index is 0.0187. The first-order valence-corrected chi connectivity index (χ1v) is 25.2. The van der Waals surface area contributed by atoms with Crippen LogP contribution in [0, 0.1) is 0 Å². The monoisotopic (exact) mass is 1150 g/mol. The number of amides is 4. The second-order valence-corrected chi connectivity index (χ2v) is 22.3. The number of carboxylic acids is 1. The van der Waals surface area contributed by atoms with Gasteiger partial charge in [-0.3, -0.25) is 9.59 Å². The molecule has 0 spiro atoms. The Morgan fingerprint density at radius 2 is 0.870 bits per heavy atom. The number of piperazine rings is 3. The van der Waals surface area contributed by atoms with Crippen molar-refractivity contribution in [3.63, 3.8) is 0 Å². The molecule has 20 heteroatoms. The molecule has 17 nitrogen and oxygen atoms in total. The lowest BCUT2D eigenvalue weighted by Crippen LogP contribution is -2.51. The number of likely N-dealkylation sites (tertiary alicyclic amines) is 4. The standard InChI is InChI=1S/C18H23BrN2O4.C13H15BrN2O2.C10H18N2O2.C8H7BrO3/c1-18(2,3)25-17(23)21-10-12-8-13(21)9-20(12)16(22)14-6-5-11(19)7-15(14)24-4;1-18-12-4-8(14)2-3-11(12)13(17)16-7-9-5-10(16)6-15-9;1-10(2,3)14-9(13)12-6-7-4-8(12)5-11-7;1-12-7-4-5(9)2-3-6(7)8(10)11/h5-7,12-13H,8-10H2,1-4H3;2-4,9-10,15H,5-7H2,1H3;7-8,11H,4-6H2,1-3H3;2-4H,1H3,(H,10,11)/t12-,13-;9-,10-;7-,8-;/m000./s1. The average molecular weight is 1150 g/mol. The number of carboxylic acid groups (broad SMARTS) is 1. The fourth-order valence-corrected chi connectivity index (χ4v) is 10.2. The Morgan fingerprint density at radius 3 is 1.20 bits per heavy atom. The highest BCUT2D eigenvalue weighted by molar-refractivity contribution is 9.11. The van der Waals surface area contributed by atoms with E-state index < -0.39 is 11.6 Å². The normalized spacial score (nSPS) is 22.7. The summed E-state index contributed by atoms with van der Waals surface area (Å²) in [7, 11) is 4.59. The second kappa shape index (κ2) is 22.6. The Labute approximate surface area is 429 Å². The summed E-state index contributed by atoms with van der Waals surface area (Å²) in [6, 6.07) is 17.4. The minimum atomic E-state index is -0.987. The number of fused-ring (bicyclic) bond motifs is 6. The van der Waals surface area contributed by atoms with Gasteiger partial charge in [0.1, 0.15) is 34.0 Å². The van der Waals surface area contributed by atoms with Crippen LogP contribution in [0.3, 0.4) is 0 Å². The Bertz CT molecular complexity index is 2380. The summed E-state index contributed by atoms with van der Waals surface area (Å²) in [5.41, 5.74) is 0.460. The van der Waals surface area contributed by atoms with Crippen LogP contribution >= 0.6 is 47.8 Å². The van der Waals surface area contributed by atoms with Crippen LogP contribution in [0.25, 0.3) is 0 Å². The highest BCUT2D eigenvalue weighted by Gasteiger charge is 2.49. The summed E-state index contributed by atoms with van der Waals surface area (Å²) in [4.78, 5) is 67.5. The number of nitrogens with zero attached hydrogens (tertiary/aromatic N) is 4. The number of ether oxygens (including phenoxy) is 5. The summed E-state index contributed by atoms with van der Waals surface area (Å²) >= 11 is 9.99. The van der Waals surface area contributed by atoms with Crippen molar-refractivity contribution in [1.82, 2.24) is 30.2 Å². The van der Waals surface area contributed by atoms with Crippen molar-refractivity contribution in [3.8, 4) is 17.2 Å². The third-order valence-corrected chi connectivity index (χ3v) is 13.8. The third-order valence-electron chi connectivity index (χ3n) is 12.3. The predicted molar refractivity (Wildman–Crippen MR) is 270 cm³/mol. The molecule has 4 amide bonds. The molecule has 0 unspecified atom stereocenters. The Kier molecular flexibility index (Phi) is 17.6. The van der Waals surface area contributed by atoms with Crippen molar-refractivity contribution in [1.29, 1.82) is 0 Å². The second-order valence-electron chi connectivity index (χ2n) is 19.6. The van der Waals surface area contributed by atoms with Gasteiger partial charge in [-0.05, 0) is 115 Å². The molecule has 0 saturated carbocycles. The van der Waals surface area contributed by atoms with E-state index in [9.17, 15) is 24.0 Å². The van der Waals surface area contributed by atoms with Crippen LogP contribution in [0.1, 0.15) is 91.9 Å². The predicted octanol–water partition coefficient (Wildman–Crippen LogP) is 8.06. The summed E-state index contributed by atoms with van der Waals surface area (Å²) in [6.45, 7) is 15.8. The molecule has 0 aromatic heterocycles. The molecule has 0 radical (unpaired) electrons. The van der Waals surface area contributed by atoms with Gasteiger partial charge < -0.3 is 59.0 Å². The number of halogens is 3. The van der Waals surface area contributed by atoms with Crippen LogP contribution in [0.4, 0.5) is 9.59 Å². The van der Waals surface area contributed by atoms with Crippen molar-refractivity contribution >= 4 is 77.8 Å². The molecule has 0 aliphatic carbocycles. The molecular weight excluding hydrogens is 1090 g/mol. The largest absolute Gasteiger partial charge is 0.496 e. The van der Waals surface area contributed by atoms with Crippen LogP contribution in [0.5, 0.6) is 17.2 Å². The van der Waals surface area contributed by atoms with E-state index in [1.165, 1.54) is 13.2 Å². The first kappa shape index (κ1) is 53.7. The zero-order chi connectivity index (χ0) is 50.5. The molecule has 69 heavy (non-hydrogen) atoms. The van der Waals surface area contributed by atoms with Gasteiger partial charge in [-0.2, -0.15) is 0 Å². The van der Waals surface area contributed by atoms with Crippen molar-refractivity contribution in [2.45, 2.75) is 108 Å². The van der Waals surface area contributed by atoms with E-state index in [2.05, 4.69) is 58.4 Å². The number of rotatable bonds is 6. The fourth-order valence-electron chi connectivity index (χ4n) is 9.21. The van der Waals surface area contributed by atoms with Crippen molar-refractivity contribution in [2.75, 3.05) is 60.6 Å². The smallest absolute Gasteiger partial charge is 0.410 e. The molecule has 6 aliphatic rings. The van der Waals surface area contributed by atoms with Gasteiger partial charge in [-0.25, -0.2) is 14.4 Å². The van der Waals surface area contributed by atoms with Gasteiger partial charge in [0, 0.05) is 76.9 Å². The molecule has 6 atom stereocenters. The number of carbonyl (C=O) groups excluding carboxylic acids is 4. The van der Waals surface area contributed by atoms with Crippen LogP contribution in [0.2, 0.25) is 0 Å². The van der Waals surface area contributed by atoms with Gasteiger partial charge in [-0.15, -0.1) is 0 Å². The number of nitrogens with one attached hydrogen (secondary N) is 2. The summed E-state index contributed by atoms with van der Waals surface area (Å²) < 4.78 is 28.9. The molecule has 9 rings (SSSR count). The molecule has 6 bridgehead atoms. The van der Waals surface area contributed by atoms with Gasteiger partial charge in [0.25, 0.3) is 11.8 Å². The first-order chi connectivity index (χ1) is 32.5. The molecule has 376 valence electrons. The highest BCUT2D eigenvalue weighted by Crippen LogP contribution is 2.35. The lowest BCUT2D eigenvalue weighted by molar-refractivity contribution is 0.0125. The topological polar surface area (TPSA) is 189 Å². The number of methoxy groups -OCH3 is 3. The molecule has 3 N–H and O–H groups in total. The van der Waals surface area contributed by atoms with Crippen LogP contribution in [-0.4, -0.2) is 163 Å². The Balaban J connectivity index is 0.000000157. The molecule has 3 aromatic rings. The number of hydrogen-bond acceptors (Lipinski definition) is 12. The molecule has 3 aromatic carbocycles. The van der Waals surface area contributed by atoms with Crippen molar-refractivity contribution in [2.24, 2.45) is 0 Å². The molecule has 6 saturated heterocycles. The molecule has 6 heterocycles. The van der Waals surface area contributed by atoms with E-state index in [-0.39, 0.29) is 47.2 Å². The average Bonchev–Trinajstić information content (AvgIpc) is 4.18. The zero-order valence-corrected chi connectivity index (χ0v) is 45.2. The van der Waals surface area contributed by atoms with Gasteiger partial charge >= 0.3 is 18.2 Å². The van der Waals surface area contributed by atoms with Crippen LogP contribution in [-0.2, 0) is 9.47 Å². The Morgan fingerprint density at radius 1 is 0.522 bits per heavy atom.